The van der Waals surface area contributed by atoms with Gasteiger partial charge in [-0.3, -0.25) is 0 Å². The molecular weight excluding hydrogens is 216 g/mol. The second kappa shape index (κ2) is 7.43. The Morgan fingerprint density at radius 1 is 1.38 bits per heavy atom. The first kappa shape index (κ1) is 13.2. The lowest BCUT2D eigenvalue weighted by atomic mass is 10.1. The van der Waals surface area contributed by atoms with Crippen LogP contribution in [-0.4, -0.2) is 6.54 Å². The molecule has 0 bridgehead atoms. The van der Waals surface area contributed by atoms with E-state index in [-0.39, 0.29) is 0 Å². The predicted molar refractivity (Wildman–Crippen MR) is 69.4 cm³/mol. The summed E-state index contributed by atoms with van der Waals surface area (Å²) in [5.74, 6) is 0.815. The molecular formula is C13H20N2S. The van der Waals surface area contributed by atoms with E-state index >= 15 is 0 Å². The van der Waals surface area contributed by atoms with Crippen molar-refractivity contribution in [3.63, 3.8) is 0 Å². The fourth-order valence-corrected chi connectivity index (χ4v) is 2.32. The van der Waals surface area contributed by atoms with Gasteiger partial charge >= 0.3 is 0 Å². The molecule has 1 N–H and O–H groups in total. The molecule has 1 aromatic rings. The second-order valence-corrected chi connectivity index (χ2v) is 5.61. The van der Waals surface area contributed by atoms with Crippen molar-refractivity contribution in [2.45, 2.75) is 39.7 Å². The number of nitrogens with one attached hydrogen (secondary N) is 1. The molecule has 1 aromatic heterocycles. The minimum atomic E-state index is 0.802. The molecule has 0 radical (unpaired) electrons. The fraction of sp³-hybridized carbons (Fsp3) is 0.615. The van der Waals surface area contributed by atoms with E-state index in [1.807, 2.05) is 12.1 Å². The first-order chi connectivity index (χ1) is 7.72. The smallest absolute Gasteiger partial charge is 0.110 e. The van der Waals surface area contributed by atoms with Crippen LogP contribution in [0.15, 0.2) is 12.1 Å². The summed E-state index contributed by atoms with van der Waals surface area (Å²) in [7, 11) is 0. The Hall–Kier alpha value is -0.850. The van der Waals surface area contributed by atoms with Gasteiger partial charge < -0.3 is 5.32 Å². The third-order valence-electron chi connectivity index (χ3n) is 2.46. The zero-order valence-corrected chi connectivity index (χ0v) is 10.9. The molecule has 0 unspecified atom stereocenters. The maximum atomic E-state index is 8.68. The van der Waals surface area contributed by atoms with E-state index in [1.54, 1.807) is 11.3 Å². The highest BCUT2D eigenvalue weighted by atomic mass is 32.1. The molecule has 0 aromatic carbocycles. The van der Waals surface area contributed by atoms with Crippen LogP contribution in [0.1, 0.15) is 42.9 Å². The normalized spacial score (nSPS) is 10.6. The number of hydrogen-bond acceptors (Lipinski definition) is 3. The number of thiophene rings is 1. The van der Waals surface area contributed by atoms with Gasteiger partial charge in [-0.1, -0.05) is 26.7 Å². The van der Waals surface area contributed by atoms with E-state index in [9.17, 15) is 0 Å². The Morgan fingerprint density at radius 3 is 2.81 bits per heavy atom. The first-order valence-electron chi connectivity index (χ1n) is 5.92. The van der Waals surface area contributed by atoms with Gasteiger partial charge in [0.25, 0.3) is 0 Å². The second-order valence-electron chi connectivity index (χ2n) is 4.44. The first-order valence-corrected chi connectivity index (χ1v) is 6.73. The largest absolute Gasteiger partial charge is 0.312 e. The van der Waals surface area contributed by atoms with Gasteiger partial charge in [0.2, 0.25) is 0 Å². The number of unbranched alkanes of at least 4 members (excludes halogenated alkanes) is 1. The van der Waals surface area contributed by atoms with E-state index in [4.69, 9.17) is 5.26 Å². The third kappa shape index (κ3) is 5.29. The van der Waals surface area contributed by atoms with E-state index in [0.717, 1.165) is 23.9 Å². The minimum Gasteiger partial charge on any atom is -0.312 e. The van der Waals surface area contributed by atoms with Crippen LogP contribution in [0.2, 0.25) is 0 Å². The highest BCUT2D eigenvalue weighted by Gasteiger charge is 1.98. The molecule has 0 aliphatic heterocycles. The van der Waals surface area contributed by atoms with Gasteiger partial charge in [-0.05, 0) is 31.0 Å². The Bertz CT molecular complexity index is 336. The molecule has 0 atom stereocenters. The fourth-order valence-electron chi connectivity index (χ4n) is 1.55. The number of hydrogen-bond donors (Lipinski definition) is 1. The molecule has 0 fully saturated rings. The molecule has 0 aliphatic rings. The van der Waals surface area contributed by atoms with Crippen molar-refractivity contribution < 1.29 is 0 Å². The minimum absolute atomic E-state index is 0.802. The summed E-state index contributed by atoms with van der Waals surface area (Å²) in [6.45, 7) is 6.51. The van der Waals surface area contributed by atoms with Crippen LogP contribution in [-0.2, 0) is 6.54 Å². The third-order valence-corrected chi connectivity index (χ3v) is 3.45. The van der Waals surface area contributed by atoms with Crippen molar-refractivity contribution in [2.24, 2.45) is 5.92 Å². The molecule has 1 heterocycles. The highest BCUT2D eigenvalue weighted by molar-refractivity contribution is 7.12. The van der Waals surface area contributed by atoms with Crippen LogP contribution in [0, 0.1) is 17.2 Å². The Morgan fingerprint density at radius 2 is 2.19 bits per heavy atom. The Balaban J connectivity index is 2.05. The SMILES string of the molecule is CC(C)CCCCNCc1ccc(C#N)s1. The average Bonchev–Trinajstić information content (AvgIpc) is 2.70. The van der Waals surface area contributed by atoms with E-state index in [1.165, 1.54) is 24.1 Å². The zero-order valence-electron chi connectivity index (χ0n) is 10.1. The van der Waals surface area contributed by atoms with Gasteiger partial charge in [0.1, 0.15) is 10.9 Å². The van der Waals surface area contributed by atoms with Crippen LogP contribution >= 0.6 is 11.3 Å². The predicted octanol–water partition coefficient (Wildman–Crippen LogP) is 3.54. The van der Waals surface area contributed by atoms with Gasteiger partial charge in [0.15, 0.2) is 0 Å². The molecule has 1 rings (SSSR count). The van der Waals surface area contributed by atoms with Gasteiger partial charge in [-0.2, -0.15) is 5.26 Å². The molecule has 0 amide bonds. The van der Waals surface area contributed by atoms with Crippen LogP contribution in [0.4, 0.5) is 0 Å². The van der Waals surface area contributed by atoms with Crippen LogP contribution < -0.4 is 5.32 Å². The van der Waals surface area contributed by atoms with Gasteiger partial charge in [0, 0.05) is 11.4 Å². The lowest BCUT2D eigenvalue weighted by molar-refractivity contribution is 0.521. The van der Waals surface area contributed by atoms with Crippen LogP contribution in [0.5, 0.6) is 0 Å². The summed E-state index contributed by atoms with van der Waals surface area (Å²) >= 11 is 1.58. The van der Waals surface area contributed by atoms with E-state index in [2.05, 4.69) is 25.2 Å². The van der Waals surface area contributed by atoms with E-state index in [0.29, 0.717) is 0 Å². The average molecular weight is 236 g/mol. The molecule has 0 saturated heterocycles. The van der Waals surface area contributed by atoms with Gasteiger partial charge in [-0.15, -0.1) is 11.3 Å². The number of nitrogens with zero attached hydrogens (tertiary/aromatic N) is 1. The lowest BCUT2D eigenvalue weighted by Crippen LogP contribution is -2.13. The van der Waals surface area contributed by atoms with Gasteiger partial charge in [0.05, 0.1) is 0 Å². The summed E-state index contributed by atoms with van der Waals surface area (Å²) in [5, 5.41) is 12.1. The number of rotatable bonds is 7. The standard InChI is InChI=1S/C13H20N2S/c1-11(2)5-3-4-8-15-10-13-7-6-12(9-14)16-13/h6-7,11,15H,3-5,8,10H2,1-2H3. The van der Waals surface area contributed by atoms with Crippen molar-refractivity contribution in [3.05, 3.63) is 21.9 Å². The molecule has 0 spiro atoms. The van der Waals surface area contributed by atoms with Crippen molar-refractivity contribution >= 4 is 11.3 Å². The van der Waals surface area contributed by atoms with Crippen LogP contribution in [0.3, 0.4) is 0 Å². The molecule has 3 heteroatoms. The van der Waals surface area contributed by atoms with Crippen LogP contribution in [0.25, 0.3) is 0 Å². The summed E-state index contributed by atoms with van der Waals surface area (Å²) in [6, 6.07) is 6.08. The van der Waals surface area contributed by atoms with Crippen molar-refractivity contribution in [2.75, 3.05) is 6.54 Å². The topological polar surface area (TPSA) is 35.8 Å². The summed E-state index contributed by atoms with van der Waals surface area (Å²) in [4.78, 5) is 2.05. The summed E-state index contributed by atoms with van der Waals surface area (Å²) in [5.41, 5.74) is 0. The molecule has 88 valence electrons. The zero-order chi connectivity index (χ0) is 11.8. The van der Waals surface area contributed by atoms with Crippen molar-refractivity contribution in [1.82, 2.24) is 5.32 Å². The summed E-state index contributed by atoms with van der Waals surface area (Å²) in [6.07, 6.45) is 3.87. The molecule has 0 aliphatic carbocycles. The van der Waals surface area contributed by atoms with Gasteiger partial charge in [-0.25, -0.2) is 0 Å². The van der Waals surface area contributed by atoms with E-state index < -0.39 is 0 Å². The van der Waals surface area contributed by atoms with Crippen molar-refractivity contribution in [1.29, 1.82) is 5.26 Å². The molecule has 2 nitrogen and oxygen atoms in total. The maximum Gasteiger partial charge on any atom is 0.110 e. The summed E-state index contributed by atoms with van der Waals surface area (Å²) < 4.78 is 0. The quantitative estimate of drug-likeness (QED) is 0.735. The Labute approximate surface area is 102 Å². The molecule has 16 heavy (non-hydrogen) atoms. The Kier molecular flexibility index (Phi) is 6.14. The maximum absolute atomic E-state index is 8.68. The lowest BCUT2D eigenvalue weighted by Gasteiger charge is -2.05. The highest BCUT2D eigenvalue weighted by Crippen LogP contribution is 2.14. The number of nitriles is 1. The van der Waals surface area contributed by atoms with Crippen molar-refractivity contribution in [3.8, 4) is 6.07 Å². The monoisotopic (exact) mass is 236 g/mol. The molecule has 0 saturated carbocycles.